The number of aryl methyl sites for hydroxylation is 1. The van der Waals surface area contributed by atoms with E-state index in [4.69, 9.17) is 5.53 Å². The number of hydrogen-bond donors (Lipinski definition) is 1. The number of nitriles is 1. The molecule has 0 heterocycles. The van der Waals surface area contributed by atoms with Crippen molar-refractivity contribution >= 4 is 0 Å². The number of azide groups is 1. The molecular weight excluding hydrogens is 238 g/mol. The molecule has 0 saturated carbocycles. The number of nitrogens with one attached hydrogen (secondary N) is 1. The van der Waals surface area contributed by atoms with Crippen LogP contribution in [0.15, 0.2) is 29.4 Å². The van der Waals surface area contributed by atoms with E-state index in [1.54, 1.807) is 0 Å². The van der Waals surface area contributed by atoms with Crippen molar-refractivity contribution in [1.82, 2.24) is 5.32 Å². The number of rotatable bonds is 5. The molecule has 0 spiro atoms. The smallest absolute Gasteiger partial charge is 0.132 e. The van der Waals surface area contributed by atoms with Gasteiger partial charge in [-0.15, -0.1) is 0 Å². The summed E-state index contributed by atoms with van der Waals surface area (Å²) in [5, 5.41) is 16.5. The van der Waals surface area contributed by atoms with Crippen LogP contribution in [0.1, 0.15) is 30.4 Å². The molecule has 1 unspecified atom stereocenters. The largest absolute Gasteiger partial charge is 0.296 e. The fourth-order valence-electron chi connectivity index (χ4n) is 2.67. The summed E-state index contributed by atoms with van der Waals surface area (Å²) in [7, 11) is 0. The summed E-state index contributed by atoms with van der Waals surface area (Å²) in [5.74, 6) is 0. The number of fused-ring (bicyclic) bond motifs is 1. The summed E-state index contributed by atoms with van der Waals surface area (Å²) in [6.45, 7) is 1.15. The van der Waals surface area contributed by atoms with Crippen molar-refractivity contribution < 1.29 is 0 Å². The molecule has 0 radical (unpaired) electrons. The second-order valence-corrected chi connectivity index (χ2v) is 4.76. The third-order valence-corrected chi connectivity index (χ3v) is 3.59. The quantitative estimate of drug-likeness (QED) is 0.379. The van der Waals surface area contributed by atoms with Gasteiger partial charge in [-0.05, 0) is 48.9 Å². The first-order chi connectivity index (χ1) is 9.32. The Balaban J connectivity index is 2.11. The molecule has 1 aromatic rings. The van der Waals surface area contributed by atoms with Crippen LogP contribution in [0.5, 0.6) is 0 Å². The van der Waals surface area contributed by atoms with Crippen LogP contribution in [0, 0.1) is 11.3 Å². The van der Waals surface area contributed by atoms with Crippen LogP contribution in [0.2, 0.25) is 0 Å². The highest BCUT2D eigenvalue weighted by molar-refractivity contribution is 5.40. The zero-order valence-electron chi connectivity index (χ0n) is 10.8. The molecule has 5 heteroatoms. The minimum absolute atomic E-state index is 0.465. The molecule has 19 heavy (non-hydrogen) atoms. The van der Waals surface area contributed by atoms with E-state index >= 15 is 0 Å². The van der Waals surface area contributed by atoms with E-state index in [2.05, 4.69) is 27.5 Å². The average Bonchev–Trinajstić information content (AvgIpc) is 2.47. The van der Waals surface area contributed by atoms with Gasteiger partial charge in [0.2, 0.25) is 0 Å². The van der Waals surface area contributed by atoms with Gasteiger partial charge in [-0.1, -0.05) is 29.4 Å². The molecule has 1 aliphatic rings. The molecule has 1 N–H and O–H groups in total. The highest BCUT2D eigenvalue weighted by Gasteiger charge is 2.35. The van der Waals surface area contributed by atoms with E-state index in [9.17, 15) is 5.26 Å². The Morgan fingerprint density at radius 3 is 3.11 bits per heavy atom. The molecule has 0 saturated heterocycles. The number of nitrogens with zero attached hydrogens (tertiary/aromatic N) is 4. The fourth-order valence-corrected chi connectivity index (χ4v) is 2.67. The third kappa shape index (κ3) is 2.87. The summed E-state index contributed by atoms with van der Waals surface area (Å²) in [5.41, 5.74) is 10.0. The van der Waals surface area contributed by atoms with Gasteiger partial charge < -0.3 is 0 Å². The maximum atomic E-state index is 9.60. The molecule has 0 bridgehead atoms. The summed E-state index contributed by atoms with van der Waals surface area (Å²) in [6, 6.07) is 10.6. The van der Waals surface area contributed by atoms with Crippen molar-refractivity contribution in [3.05, 3.63) is 45.8 Å². The normalized spacial score (nSPS) is 21.0. The second-order valence-electron chi connectivity index (χ2n) is 4.76. The van der Waals surface area contributed by atoms with Gasteiger partial charge >= 0.3 is 0 Å². The second kappa shape index (κ2) is 6.24. The van der Waals surface area contributed by atoms with Crippen molar-refractivity contribution in [3.8, 4) is 6.07 Å². The van der Waals surface area contributed by atoms with Gasteiger partial charge in [-0.2, -0.15) is 5.26 Å². The average molecular weight is 255 g/mol. The Bertz CT molecular complexity index is 527. The number of benzene rings is 1. The molecule has 1 atom stereocenters. The van der Waals surface area contributed by atoms with Gasteiger partial charge in [0.1, 0.15) is 5.54 Å². The maximum Gasteiger partial charge on any atom is 0.132 e. The van der Waals surface area contributed by atoms with Gasteiger partial charge in [-0.25, -0.2) is 0 Å². The molecule has 5 nitrogen and oxygen atoms in total. The molecule has 0 aliphatic heterocycles. The summed E-state index contributed by atoms with van der Waals surface area (Å²) in [6.07, 6.45) is 3.64. The summed E-state index contributed by atoms with van der Waals surface area (Å²) in [4.78, 5) is 2.73. The molecule has 0 aromatic heterocycles. The SMILES string of the molecule is N#CC1(NCCCN=[N+]=[N-])CCCc2ccccc21. The Kier molecular flexibility index (Phi) is 4.40. The Hall–Kier alpha value is -2.02. The molecule has 98 valence electrons. The predicted molar refractivity (Wildman–Crippen MR) is 73.3 cm³/mol. The van der Waals surface area contributed by atoms with Crippen LogP contribution in [0.3, 0.4) is 0 Å². The third-order valence-electron chi connectivity index (χ3n) is 3.59. The fraction of sp³-hybridized carbons (Fsp3) is 0.500. The van der Waals surface area contributed by atoms with Crippen LogP contribution < -0.4 is 5.32 Å². The van der Waals surface area contributed by atoms with E-state index in [0.29, 0.717) is 13.1 Å². The van der Waals surface area contributed by atoms with Crippen LogP contribution in [-0.2, 0) is 12.0 Å². The monoisotopic (exact) mass is 255 g/mol. The molecular formula is C14H17N5. The first kappa shape index (κ1) is 13.4. The first-order valence-electron chi connectivity index (χ1n) is 6.58. The lowest BCUT2D eigenvalue weighted by Crippen LogP contribution is -2.44. The van der Waals surface area contributed by atoms with Gasteiger partial charge in [-0.3, -0.25) is 5.32 Å². The topological polar surface area (TPSA) is 84.6 Å². The van der Waals surface area contributed by atoms with Gasteiger partial charge in [0, 0.05) is 11.5 Å². The van der Waals surface area contributed by atoms with E-state index < -0.39 is 5.54 Å². The number of hydrogen-bond acceptors (Lipinski definition) is 3. The predicted octanol–water partition coefficient (Wildman–Crippen LogP) is 3.03. The Morgan fingerprint density at radius 1 is 1.47 bits per heavy atom. The molecule has 1 aromatic carbocycles. The Morgan fingerprint density at radius 2 is 2.32 bits per heavy atom. The summed E-state index contributed by atoms with van der Waals surface area (Å²) >= 11 is 0. The lowest BCUT2D eigenvalue weighted by molar-refractivity contribution is 0.365. The van der Waals surface area contributed by atoms with Crippen molar-refractivity contribution in [1.29, 1.82) is 5.26 Å². The molecule has 2 rings (SSSR count). The Labute approximate surface area is 112 Å². The van der Waals surface area contributed by atoms with Crippen molar-refractivity contribution in [2.75, 3.05) is 13.1 Å². The minimum atomic E-state index is -0.578. The van der Waals surface area contributed by atoms with Crippen molar-refractivity contribution in [2.24, 2.45) is 5.11 Å². The maximum absolute atomic E-state index is 9.60. The van der Waals surface area contributed by atoms with Crippen LogP contribution in [-0.4, -0.2) is 13.1 Å². The zero-order chi connectivity index (χ0) is 13.6. The minimum Gasteiger partial charge on any atom is -0.296 e. The lowest BCUT2D eigenvalue weighted by atomic mass is 9.77. The highest BCUT2D eigenvalue weighted by Crippen LogP contribution is 2.34. The zero-order valence-corrected chi connectivity index (χ0v) is 10.8. The van der Waals surface area contributed by atoms with Gasteiger partial charge in [0.05, 0.1) is 6.07 Å². The molecule has 1 aliphatic carbocycles. The highest BCUT2D eigenvalue weighted by atomic mass is 15.1. The van der Waals surface area contributed by atoms with Crippen LogP contribution in [0.25, 0.3) is 10.4 Å². The van der Waals surface area contributed by atoms with Crippen molar-refractivity contribution in [2.45, 2.75) is 31.2 Å². The van der Waals surface area contributed by atoms with Crippen molar-refractivity contribution in [3.63, 3.8) is 0 Å². The summed E-state index contributed by atoms with van der Waals surface area (Å²) < 4.78 is 0. The van der Waals surface area contributed by atoms with E-state index in [1.165, 1.54) is 5.56 Å². The standard InChI is InChI=1S/C14H17N5/c15-11-14(17-9-4-10-18-19-16)8-3-6-12-5-1-2-7-13(12)14/h1-2,5,7,17H,3-4,6,8-10H2. The van der Waals surface area contributed by atoms with Gasteiger partial charge in [0.25, 0.3) is 0 Å². The van der Waals surface area contributed by atoms with E-state index in [0.717, 1.165) is 31.2 Å². The molecule has 0 fully saturated rings. The first-order valence-corrected chi connectivity index (χ1v) is 6.58. The van der Waals surface area contributed by atoms with Gasteiger partial charge in [0.15, 0.2) is 0 Å². The van der Waals surface area contributed by atoms with E-state index in [-0.39, 0.29) is 0 Å². The van der Waals surface area contributed by atoms with E-state index in [1.807, 2.05) is 18.2 Å². The van der Waals surface area contributed by atoms with Crippen LogP contribution >= 0.6 is 0 Å². The van der Waals surface area contributed by atoms with Crippen LogP contribution in [0.4, 0.5) is 0 Å². The molecule has 0 amide bonds. The lowest BCUT2D eigenvalue weighted by Gasteiger charge is -2.34.